The number of amides is 1. The van der Waals surface area contributed by atoms with Crippen LogP contribution in [-0.2, 0) is 4.79 Å². The second-order valence-electron chi connectivity index (χ2n) is 2.19. The largest absolute Gasteiger partial charge is 0.328 e. The van der Waals surface area contributed by atoms with Gasteiger partial charge < -0.3 is 5.32 Å². The summed E-state index contributed by atoms with van der Waals surface area (Å²) in [5, 5.41) is 10.9. The minimum atomic E-state index is -0.534. The smallest absolute Gasteiger partial charge is 0.211 e. The standard InChI is InChI=1S/C8H4BrFN2O/c9-6-2-8(12-4-13)5(3-11)1-7(6)10/h1-2,4H,(H,12,13). The maximum atomic E-state index is 12.9. The van der Waals surface area contributed by atoms with Crippen LogP contribution in [0.4, 0.5) is 10.1 Å². The fourth-order valence-corrected chi connectivity index (χ4v) is 1.17. The molecule has 1 aromatic carbocycles. The van der Waals surface area contributed by atoms with E-state index in [0.29, 0.717) is 6.41 Å². The molecule has 0 aromatic heterocycles. The number of halogens is 2. The molecule has 0 saturated heterocycles. The van der Waals surface area contributed by atoms with Crippen molar-refractivity contribution in [3.05, 3.63) is 28.0 Å². The van der Waals surface area contributed by atoms with E-state index in [-0.39, 0.29) is 15.7 Å². The first-order valence-corrected chi connectivity index (χ1v) is 4.07. The highest BCUT2D eigenvalue weighted by Gasteiger charge is 2.06. The summed E-state index contributed by atoms with van der Waals surface area (Å²) in [6, 6.07) is 4.15. The average molecular weight is 243 g/mol. The van der Waals surface area contributed by atoms with Crippen LogP contribution in [0.25, 0.3) is 0 Å². The first-order valence-electron chi connectivity index (χ1n) is 3.28. The molecule has 0 aliphatic carbocycles. The van der Waals surface area contributed by atoms with E-state index in [1.165, 1.54) is 6.07 Å². The Morgan fingerprint density at radius 2 is 2.31 bits per heavy atom. The summed E-state index contributed by atoms with van der Waals surface area (Å²) in [6.07, 6.45) is 0.431. The highest BCUT2D eigenvalue weighted by Crippen LogP contribution is 2.23. The van der Waals surface area contributed by atoms with Gasteiger partial charge in [0.1, 0.15) is 11.9 Å². The van der Waals surface area contributed by atoms with Crippen molar-refractivity contribution in [3.8, 4) is 6.07 Å². The number of carbonyl (C=O) groups excluding carboxylic acids is 1. The fourth-order valence-electron chi connectivity index (χ4n) is 0.822. The van der Waals surface area contributed by atoms with Crippen molar-refractivity contribution in [2.24, 2.45) is 0 Å². The first-order chi connectivity index (χ1) is 6.19. The summed E-state index contributed by atoms with van der Waals surface area (Å²) < 4.78 is 13.1. The van der Waals surface area contributed by atoms with E-state index in [0.717, 1.165) is 6.07 Å². The minimum Gasteiger partial charge on any atom is -0.328 e. The van der Waals surface area contributed by atoms with E-state index in [9.17, 15) is 9.18 Å². The van der Waals surface area contributed by atoms with Crippen molar-refractivity contribution in [1.82, 2.24) is 0 Å². The van der Waals surface area contributed by atoms with Crippen molar-refractivity contribution in [3.63, 3.8) is 0 Å². The van der Waals surface area contributed by atoms with Crippen LogP contribution in [0.2, 0.25) is 0 Å². The number of nitriles is 1. The van der Waals surface area contributed by atoms with Gasteiger partial charge in [0.2, 0.25) is 6.41 Å². The second kappa shape index (κ2) is 4.01. The number of benzene rings is 1. The molecule has 0 saturated carbocycles. The first kappa shape index (κ1) is 9.68. The Kier molecular flexibility index (Phi) is 2.98. The molecule has 1 N–H and O–H groups in total. The third-order valence-electron chi connectivity index (χ3n) is 1.40. The summed E-state index contributed by atoms with van der Waals surface area (Å²) in [5.41, 5.74) is 0.374. The normalized spacial score (nSPS) is 9.00. The van der Waals surface area contributed by atoms with E-state index in [4.69, 9.17) is 5.26 Å². The van der Waals surface area contributed by atoms with Gasteiger partial charge in [0.25, 0.3) is 0 Å². The second-order valence-corrected chi connectivity index (χ2v) is 3.04. The minimum absolute atomic E-state index is 0.0906. The summed E-state index contributed by atoms with van der Waals surface area (Å²) in [4.78, 5) is 10.1. The molecule has 3 nitrogen and oxygen atoms in total. The lowest BCUT2D eigenvalue weighted by Crippen LogP contribution is -1.97. The Hall–Kier alpha value is -1.41. The summed E-state index contributed by atoms with van der Waals surface area (Å²) in [6.45, 7) is 0. The van der Waals surface area contributed by atoms with E-state index in [2.05, 4.69) is 21.2 Å². The predicted molar refractivity (Wildman–Crippen MR) is 48.5 cm³/mol. The molecule has 13 heavy (non-hydrogen) atoms. The highest BCUT2D eigenvalue weighted by molar-refractivity contribution is 9.10. The average Bonchev–Trinajstić information content (AvgIpc) is 2.11. The van der Waals surface area contributed by atoms with Gasteiger partial charge in [-0.25, -0.2) is 4.39 Å². The Morgan fingerprint density at radius 3 is 2.85 bits per heavy atom. The molecule has 0 radical (unpaired) electrons. The molecular formula is C8H4BrFN2O. The molecule has 1 aromatic rings. The summed E-state index contributed by atoms with van der Waals surface area (Å²) in [7, 11) is 0. The topological polar surface area (TPSA) is 52.9 Å². The lowest BCUT2D eigenvalue weighted by molar-refractivity contribution is -0.105. The monoisotopic (exact) mass is 242 g/mol. The predicted octanol–water partition coefficient (Wildman–Crippen LogP) is 2.03. The SMILES string of the molecule is N#Cc1cc(F)c(Br)cc1NC=O. The zero-order valence-corrected chi connectivity index (χ0v) is 7.93. The van der Waals surface area contributed by atoms with Crippen molar-refractivity contribution in [2.75, 3.05) is 5.32 Å². The lowest BCUT2D eigenvalue weighted by Gasteiger charge is -2.02. The fraction of sp³-hybridized carbons (Fsp3) is 0. The van der Waals surface area contributed by atoms with Crippen molar-refractivity contribution >= 4 is 28.0 Å². The summed E-state index contributed by atoms with van der Waals surface area (Å²) >= 11 is 2.94. The van der Waals surface area contributed by atoms with Crippen LogP contribution in [0.5, 0.6) is 0 Å². The molecule has 5 heteroatoms. The number of nitrogens with one attached hydrogen (secondary N) is 1. The molecule has 0 heterocycles. The number of carbonyl (C=O) groups is 1. The van der Waals surface area contributed by atoms with Crippen LogP contribution < -0.4 is 5.32 Å². The van der Waals surface area contributed by atoms with Crippen molar-refractivity contribution < 1.29 is 9.18 Å². The van der Waals surface area contributed by atoms with Gasteiger partial charge in [0.05, 0.1) is 15.7 Å². The van der Waals surface area contributed by atoms with Gasteiger partial charge in [-0.3, -0.25) is 4.79 Å². The zero-order valence-electron chi connectivity index (χ0n) is 6.34. The molecule has 0 aliphatic heterocycles. The summed E-state index contributed by atoms with van der Waals surface area (Å²) in [5.74, 6) is -0.534. The van der Waals surface area contributed by atoms with Crippen LogP contribution >= 0.6 is 15.9 Å². The van der Waals surface area contributed by atoms with E-state index in [1.807, 2.05) is 0 Å². The van der Waals surface area contributed by atoms with Crippen molar-refractivity contribution in [2.45, 2.75) is 0 Å². The zero-order chi connectivity index (χ0) is 9.84. The number of anilines is 1. The van der Waals surface area contributed by atoms with Crippen molar-refractivity contribution in [1.29, 1.82) is 5.26 Å². The van der Waals surface area contributed by atoms with Gasteiger partial charge in [-0.1, -0.05) is 0 Å². The molecule has 0 spiro atoms. The van der Waals surface area contributed by atoms with Gasteiger partial charge in [-0.05, 0) is 28.1 Å². The number of hydrogen-bond donors (Lipinski definition) is 1. The molecule has 66 valence electrons. The molecular weight excluding hydrogens is 239 g/mol. The molecule has 0 unspecified atom stereocenters. The van der Waals surface area contributed by atoms with Gasteiger partial charge in [-0.15, -0.1) is 0 Å². The van der Waals surface area contributed by atoms with Crippen LogP contribution in [0.15, 0.2) is 16.6 Å². The Bertz CT molecular complexity index is 386. The maximum Gasteiger partial charge on any atom is 0.211 e. The molecule has 0 atom stereocenters. The molecule has 0 aliphatic rings. The molecule has 1 rings (SSSR count). The van der Waals surface area contributed by atoms with Gasteiger partial charge in [0.15, 0.2) is 0 Å². The number of nitrogens with zero attached hydrogens (tertiary/aromatic N) is 1. The quantitative estimate of drug-likeness (QED) is 0.808. The highest BCUT2D eigenvalue weighted by atomic mass is 79.9. The lowest BCUT2D eigenvalue weighted by atomic mass is 10.2. The van der Waals surface area contributed by atoms with Crippen LogP contribution in [-0.4, -0.2) is 6.41 Å². The molecule has 0 bridgehead atoms. The Balaban J connectivity index is 3.26. The third kappa shape index (κ3) is 2.04. The van der Waals surface area contributed by atoms with Gasteiger partial charge in [-0.2, -0.15) is 5.26 Å². The van der Waals surface area contributed by atoms with Crippen LogP contribution in [0.1, 0.15) is 5.56 Å². The van der Waals surface area contributed by atoms with E-state index in [1.54, 1.807) is 6.07 Å². The van der Waals surface area contributed by atoms with E-state index < -0.39 is 5.82 Å². The number of hydrogen-bond acceptors (Lipinski definition) is 2. The van der Waals surface area contributed by atoms with Crippen LogP contribution in [0.3, 0.4) is 0 Å². The van der Waals surface area contributed by atoms with Crippen LogP contribution in [0, 0.1) is 17.1 Å². The molecule has 1 amide bonds. The molecule has 0 fully saturated rings. The van der Waals surface area contributed by atoms with Gasteiger partial charge >= 0.3 is 0 Å². The van der Waals surface area contributed by atoms with E-state index >= 15 is 0 Å². The third-order valence-corrected chi connectivity index (χ3v) is 2.00. The Morgan fingerprint density at radius 1 is 1.62 bits per heavy atom. The number of rotatable bonds is 2. The Labute approximate surface area is 82.3 Å². The maximum absolute atomic E-state index is 12.9. The van der Waals surface area contributed by atoms with Gasteiger partial charge in [0, 0.05) is 0 Å².